The fourth-order valence-corrected chi connectivity index (χ4v) is 2.93. The highest BCUT2D eigenvalue weighted by molar-refractivity contribution is 5.82. The van der Waals surface area contributed by atoms with E-state index in [9.17, 15) is 4.79 Å². The number of hydrogen-bond acceptors (Lipinski definition) is 3. The van der Waals surface area contributed by atoms with Crippen molar-refractivity contribution in [1.82, 2.24) is 10.2 Å². The summed E-state index contributed by atoms with van der Waals surface area (Å²) in [7, 11) is 2.11. The SMILES string of the molecule is CC(=O)C1C2CCCCC(CN2)N1C. The molecule has 2 bridgehead atoms. The molecule has 3 heteroatoms. The summed E-state index contributed by atoms with van der Waals surface area (Å²) in [6, 6.07) is 1.09. The number of carbonyl (C=O) groups is 1. The molecule has 0 aromatic rings. The molecule has 3 heterocycles. The fraction of sp³-hybridized carbons (Fsp3) is 0.909. The molecule has 14 heavy (non-hydrogen) atoms. The van der Waals surface area contributed by atoms with E-state index in [1.807, 2.05) is 0 Å². The zero-order valence-electron chi connectivity index (χ0n) is 9.12. The van der Waals surface area contributed by atoms with E-state index in [4.69, 9.17) is 0 Å². The highest BCUT2D eigenvalue weighted by Crippen LogP contribution is 2.24. The van der Waals surface area contributed by atoms with E-state index in [0.717, 1.165) is 13.0 Å². The van der Waals surface area contributed by atoms with Crippen molar-refractivity contribution in [3.8, 4) is 0 Å². The second kappa shape index (κ2) is 3.99. The number of Topliss-reactive ketones (excluding diaryl/α,β-unsaturated/α-hetero) is 1. The van der Waals surface area contributed by atoms with Gasteiger partial charge in [-0.15, -0.1) is 0 Å². The highest BCUT2D eigenvalue weighted by atomic mass is 16.1. The van der Waals surface area contributed by atoms with Crippen molar-refractivity contribution in [2.24, 2.45) is 0 Å². The first kappa shape index (κ1) is 10.1. The van der Waals surface area contributed by atoms with Crippen molar-refractivity contribution >= 4 is 5.78 Å². The number of carbonyl (C=O) groups excluding carboxylic acids is 1. The monoisotopic (exact) mass is 196 g/mol. The third-order valence-electron chi connectivity index (χ3n) is 3.73. The Morgan fingerprint density at radius 2 is 2.07 bits per heavy atom. The average Bonchev–Trinajstić information content (AvgIpc) is 2.06. The minimum absolute atomic E-state index is 0.119. The molecule has 0 aromatic carbocycles. The van der Waals surface area contributed by atoms with Crippen LogP contribution in [0.3, 0.4) is 0 Å². The minimum atomic E-state index is 0.119. The molecular formula is C11H20N2O. The number of piperazine rings is 1. The van der Waals surface area contributed by atoms with Crippen LogP contribution >= 0.6 is 0 Å². The Hall–Kier alpha value is -0.410. The van der Waals surface area contributed by atoms with Crippen molar-refractivity contribution in [3.63, 3.8) is 0 Å². The Morgan fingerprint density at radius 3 is 2.79 bits per heavy atom. The lowest BCUT2D eigenvalue weighted by Crippen LogP contribution is -2.64. The molecule has 0 saturated carbocycles. The van der Waals surface area contributed by atoms with Crippen LogP contribution < -0.4 is 5.32 Å². The van der Waals surface area contributed by atoms with Crippen LogP contribution in [0.25, 0.3) is 0 Å². The van der Waals surface area contributed by atoms with Gasteiger partial charge in [0.25, 0.3) is 0 Å². The summed E-state index contributed by atoms with van der Waals surface area (Å²) >= 11 is 0. The van der Waals surface area contributed by atoms with E-state index in [0.29, 0.717) is 17.9 Å². The molecule has 0 aliphatic carbocycles. The van der Waals surface area contributed by atoms with Gasteiger partial charge in [0, 0.05) is 18.6 Å². The normalized spacial score (nSPS) is 39.1. The first-order chi connectivity index (χ1) is 6.70. The smallest absolute Gasteiger partial charge is 0.148 e. The number of ketones is 1. The van der Waals surface area contributed by atoms with Crippen LogP contribution in [0.1, 0.15) is 32.6 Å². The molecule has 0 aromatic heterocycles. The molecule has 3 nitrogen and oxygen atoms in total. The molecule has 3 atom stereocenters. The van der Waals surface area contributed by atoms with Gasteiger partial charge in [0.2, 0.25) is 0 Å². The third kappa shape index (κ3) is 1.71. The van der Waals surface area contributed by atoms with Crippen LogP contribution in [-0.2, 0) is 4.79 Å². The number of hydrogen-bond donors (Lipinski definition) is 1. The second-order valence-electron chi connectivity index (χ2n) is 4.67. The van der Waals surface area contributed by atoms with Crippen LogP contribution in [0.5, 0.6) is 0 Å². The van der Waals surface area contributed by atoms with Gasteiger partial charge in [0.1, 0.15) is 5.78 Å². The maximum Gasteiger partial charge on any atom is 0.148 e. The molecule has 3 aliphatic heterocycles. The maximum atomic E-state index is 11.6. The number of nitrogens with zero attached hydrogens (tertiary/aromatic N) is 1. The standard InChI is InChI=1S/C11H20N2O/c1-8(14)11-10-6-4-3-5-9(7-12-10)13(11)2/h9-12H,3-7H2,1-2H3. The molecule has 3 unspecified atom stereocenters. The highest BCUT2D eigenvalue weighted by Gasteiger charge is 2.38. The van der Waals surface area contributed by atoms with E-state index in [1.54, 1.807) is 6.92 Å². The Kier molecular flexibility index (Phi) is 2.88. The predicted octanol–water partition coefficient (Wildman–Crippen LogP) is 0.790. The summed E-state index contributed by atoms with van der Waals surface area (Å²) in [5.41, 5.74) is 0. The number of fused-ring (bicyclic) bond motifs is 5. The zero-order chi connectivity index (χ0) is 10.1. The average molecular weight is 196 g/mol. The van der Waals surface area contributed by atoms with Crippen LogP contribution in [-0.4, -0.2) is 42.4 Å². The van der Waals surface area contributed by atoms with Gasteiger partial charge in [-0.1, -0.05) is 12.8 Å². The van der Waals surface area contributed by atoms with Crippen molar-refractivity contribution < 1.29 is 4.79 Å². The van der Waals surface area contributed by atoms with Gasteiger partial charge in [-0.25, -0.2) is 0 Å². The topological polar surface area (TPSA) is 32.3 Å². The lowest BCUT2D eigenvalue weighted by atomic mass is 9.88. The van der Waals surface area contributed by atoms with E-state index in [2.05, 4.69) is 17.3 Å². The van der Waals surface area contributed by atoms with E-state index in [1.165, 1.54) is 19.3 Å². The number of likely N-dealkylation sites (N-methyl/N-ethyl adjacent to an activating group) is 1. The summed E-state index contributed by atoms with van der Waals surface area (Å²) in [6.45, 7) is 2.78. The summed E-state index contributed by atoms with van der Waals surface area (Å²) in [6.07, 6.45) is 4.98. The van der Waals surface area contributed by atoms with Gasteiger partial charge in [-0.2, -0.15) is 0 Å². The number of rotatable bonds is 1. The van der Waals surface area contributed by atoms with Gasteiger partial charge in [-0.05, 0) is 26.8 Å². The summed E-state index contributed by atoms with van der Waals surface area (Å²) in [5, 5.41) is 3.52. The third-order valence-corrected chi connectivity index (χ3v) is 3.73. The van der Waals surface area contributed by atoms with Gasteiger partial charge >= 0.3 is 0 Å². The Labute approximate surface area is 85.8 Å². The predicted molar refractivity (Wildman–Crippen MR) is 56.3 cm³/mol. The molecule has 1 N–H and O–H groups in total. The van der Waals surface area contributed by atoms with Crippen LogP contribution in [0.4, 0.5) is 0 Å². The summed E-state index contributed by atoms with van der Waals surface area (Å²) in [4.78, 5) is 13.9. The molecule has 0 radical (unpaired) electrons. The van der Waals surface area contributed by atoms with Crippen molar-refractivity contribution in [3.05, 3.63) is 0 Å². The van der Waals surface area contributed by atoms with Crippen LogP contribution in [0, 0.1) is 0 Å². The van der Waals surface area contributed by atoms with E-state index < -0.39 is 0 Å². The summed E-state index contributed by atoms with van der Waals surface area (Å²) < 4.78 is 0. The number of nitrogens with one attached hydrogen (secondary N) is 1. The molecule has 80 valence electrons. The van der Waals surface area contributed by atoms with Gasteiger partial charge < -0.3 is 5.32 Å². The molecule has 0 spiro atoms. The van der Waals surface area contributed by atoms with E-state index >= 15 is 0 Å². The summed E-state index contributed by atoms with van der Waals surface area (Å²) in [5.74, 6) is 0.316. The first-order valence-corrected chi connectivity index (χ1v) is 5.66. The Morgan fingerprint density at radius 1 is 1.36 bits per heavy atom. The van der Waals surface area contributed by atoms with E-state index in [-0.39, 0.29) is 6.04 Å². The van der Waals surface area contributed by atoms with Crippen LogP contribution in [0.15, 0.2) is 0 Å². The van der Waals surface area contributed by atoms with Gasteiger partial charge in [-0.3, -0.25) is 9.69 Å². The first-order valence-electron chi connectivity index (χ1n) is 5.66. The lowest BCUT2D eigenvalue weighted by molar-refractivity contribution is -0.125. The minimum Gasteiger partial charge on any atom is -0.310 e. The zero-order valence-corrected chi connectivity index (χ0v) is 9.12. The van der Waals surface area contributed by atoms with Crippen LogP contribution in [0.2, 0.25) is 0 Å². The van der Waals surface area contributed by atoms with Crippen molar-refractivity contribution in [1.29, 1.82) is 0 Å². The van der Waals surface area contributed by atoms with Gasteiger partial charge in [0.15, 0.2) is 0 Å². The Balaban J connectivity index is 2.18. The molecule has 3 aliphatic rings. The van der Waals surface area contributed by atoms with Crippen molar-refractivity contribution in [2.75, 3.05) is 13.6 Å². The fourth-order valence-electron chi connectivity index (χ4n) is 2.93. The molecule has 3 fully saturated rings. The second-order valence-corrected chi connectivity index (χ2v) is 4.67. The molecular weight excluding hydrogens is 176 g/mol. The molecule has 3 rings (SSSR count). The Bertz CT molecular complexity index is 223. The molecule has 0 amide bonds. The quantitative estimate of drug-likeness (QED) is 0.673. The van der Waals surface area contributed by atoms with Gasteiger partial charge in [0.05, 0.1) is 6.04 Å². The van der Waals surface area contributed by atoms with Crippen molar-refractivity contribution in [2.45, 2.75) is 50.7 Å². The maximum absolute atomic E-state index is 11.6. The lowest BCUT2D eigenvalue weighted by Gasteiger charge is -2.46. The largest absolute Gasteiger partial charge is 0.310 e. The molecule has 3 saturated heterocycles.